The van der Waals surface area contributed by atoms with Crippen molar-refractivity contribution in [3.8, 4) is 0 Å². The van der Waals surface area contributed by atoms with Gasteiger partial charge in [0.15, 0.2) is 0 Å². The average molecular weight is 359 g/mol. The number of aryl methyl sites for hydroxylation is 1. The van der Waals surface area contributed by atoms with Crippen LogP contribution >= 0.6 is 11.3 Å². The number of hydrogen-bond acceptors (Lipinski definition) is 5. The number of rotatable bonds is 7. The van der Waals surface area contributed by atoms with E-state index in [0.717, 1.165) is 36.5 Å². The van der Waals surface area contributed by atoms with Crippen LogP contribution in [0.1, 0.15) is 59.7 Å². The van der Waals surface area contributed by atoms with E-state index >= 15 is 0 Å². The summed E-state index contributed by atoms with van der Waals surface area (Å²) >= 11 is 1.57. The molecule has 0 aliphatic carbocycles. The van der Waals surface area contributed by atoms with E-state index in [2.05, 4.69) is 33.2 Å². The first-order chi connectivity index (χ1) is 12.3. The molecule has 0 bridgehead atoms. The van der Waals surface area contributed by atoms with Crippen LogP contribution < -0.4 is 5.32 Å². The predicted octanol–water partition coefficient (Wildman–Crippen LogP) is 3.45. The molecule has 1 fully saturated rings. The van der Waals surface area contributed by atoms with Gasteiger partial charge < -0.3 is 5.32 Å². The van der Waals surface area contributed by atoms with Crippen molar-refractivity contribution in [2.24, 2.45) is 0 Å². The van der Waals surface area contributed by atoms with E-state index in [9.17, 15) is 4.79 Å². The molecule has 5 nitrogen and oxygen atoms in total. The maximum atomic E-state index is 12.5. The zero-order chi connectivity index (χ0) is 17.5. The third kappa shape index (κ3) is 4.86. The molecule has 0 spiro atoms. The molecule has 0 radical (unpaired) electrons. The summed E-state index contributed by atoms with van der Waals surface area (Å²) in [5.41, 5.74) is 1.70. The van der Waals surface area contributed by atoms with Gasteiger partial charge in [-0.3, -0.25) is 14.7 Å². The van der Waals surface area contributed by atoms with Crippen LogP contribution in [0.4, 0.5) is 0 Å². The molecule has 3 rings (SSSR count). The number of nitrogens with one attached hydrogen (secondary N) is 1. The predicted molar refractivity (Wildman–Crippen MR) is 101 cm³/mol. The van der Waals surface area contributed by atoms with E-state index in [1.165, 1.54) is 19.3 Å². The third-order valence-electron chi connectivity index (χ3n) is 4.60. The van der Waals surface area contributed by atoms with Crippen molar-refractivity contribution in [2.45, 2.75) is 45.1 Å². The first-order valence-corrected chi connectivity index (χ1v) is 10.0. The molecule has 3 heterocycles. The van der Waals surface area contributed by atoms with Gasteiger partial charge in [0.05, 0.1) is 11.0 Å². The van der Waals surface area contributed by atoms with E-state index in [0.29, 0.717) is 12.2 Å². The molecule has 1 aliphatic rings. The summed E-state index contributed by atoms with van der Waals surface area (Å²) in [7, 11) is 0. The highest BCUT2D eigenvalue weighted by Crippen LogP contribution is 2.23. The van der Waals surface area contributed by atoms with Crippen molar-refractivity contribution in [3.63, 3.8) is 0 Å². The molecular formula is C19H26N4OS. The number of carbonyl (C=O) groups is 1. The first-order valence-electron chi connectivity index (χ1n) is 9.14. The van der Waals surface area contributed by atoms with Crippen LogP contribution in [0.25, 0.3) is 0 Å². The van der Waals surface area contributed by atoms with Crippen molar-refractivity contribution < 1.29 is 4.79 Å². The van der Waals surface area contributed by atoms with Gasteiger partial charge >= 0.3 is 0 Å². The third-order valence-corrected chi connectivity index (χ3v) is 5.51. The Bertz CT molecular complexity index is 667. The zero-order valence-electron chi connectivity index (χ0n) is 14.8. The normalized spacial score (nSPS) is 16.5. The van der Waals surface area contributed by atoms with Crippen molar-refractivity contribution >= 4 is 17.2 Å². The summed E-state index contributed by atoms with van der Waals surface area (Å²) in [5.74, 6) is -0.0792. The number of likely N-dealkylation sites (tertiary alicyclic amines) is 1. The molecule has 6 heteroatoms. The molecule has 1 aliphatic heterocycles. The highest BCUT2D eigenvalue weighted by atomic mass is 32.1. The summed E-state index contributed by atoms with van der Waals surface area (Å²) in [6.45, 7) is 4.86. The zero-order valence-corrected chi connectivity index (χ0v) is 15.6. The Morgan fingerprint density at radius 1 is 1.36 bits per heavy atom. The minimum Gasteiger partial charge on any atom is -0.349 e. The second-order valence-electron chi connectivity index (χ2n) is 6.49. The van der Waals surface area contributed by atoms with Crippen LogP contribution in [0.5, 0.6) is 0 Å². The molecule has 1 saturated heterocycles. The number of thiazole rings is 1. The second kappa shape index (κ2) is 9.06. The van der Waals surface area contributed by atoms with Gasteiger partial charge in [-0.2, -0.15) is 0 Å². The quantitative estimate of drug-likeness (QED) is 0.824. The summed E-state index contributed by atoms with van der Waals surface area (Å²) in [6.07, 6.45) is 9.42. The highest BCUT2D eigenvalue weighted by Gasteiger charge is 2.23. The Morgan fingerprint density at radius 2 is 2.20 bits per heavy atom. The van der Waals surface area contributed by atoms with E-state index in [1.54, 1.807) is 17.5 Å². The van der Waals surface area contributed by atoms with Gasteiger partial charge in [-0.1, -0.05) is 19.4 Å². The van der Waals surface area contributed by atoms with Gasteiger partial charge in [-0.25, -0.2) is 4.98 Å². The highest BCUT2D eigenvalue weighted by molar-refractivity contribution is 7.09. The Morgan fingerprint density at radius 3 is 2.92 bits per heavy atom. The number of amides is 1. The molecule has 1 N–H and O–H groups in total. The van der Waals surface area contributed by atoms with Crippen molar-refractivity contribution in [3.05, 3.63) is 46.2 Å². The lowest BCUT2D eigenvalue weighted by Crippen LogP contribution is -2.40. The number of pyridine rings is 1. The van der Waals surface area contributed by atoms with E-state index in [1.807, 2.05) is 17.6 Å². The van der Waals surface area contributed by atoms with Gasteiger partial charge in [-0.05, 0) is 50.4 Å². The van der Waals surface area contributed by atoms with Crippen molar-refractivity contribution in [1.29, 1.82) is 0 Å². The van der Waals surface area contributed by atoms with Gasteiger partial charge in [0, 0.05) is 24.3 Å². The van der Waals surface area contributed by atoms with Gasteiger partial charge in [-0.15, -0.1) is 11.3 Å². The molecule has 0 aromatic carbocycles. The minimum absolute atomic E-state index is 0.0792. The lowest BCUT2D eigenvalue weighted by atomic mass is 10.0. The topological polar surface area (TPSA) is 58.1 Å². The first kappa shape index (κ1) is 18.0. The van der Waals surface area contributed by atoms with Crippen molar-refractivity contribution in [2.75, 3.05) is 19.6 Å². The number of aromatic nitrogens is 2. The molecule has 2 aromatic rings. The molecule has 2 aromatic heterocycles. The van der Waals surface area contributed by atoms with E-state index < -0.39 is 0 Å². The summed E-state index contributed by atoms with van der Waals surface area (Å²) in [4.78, 5) is 23.6. The van der Waals surface area contributed by atoms with Crippen LogP contribution in [0.3, 0.4) is 0 Å². The smallest absolute Gasteiger partial charge is 0.270 e. The second-order valence-corrected chi connectivity index (χ2v) is 7.43. The minimum atomic E-state index is -0.0792. The maximum absolute atomic E-state index is 12.5. The number of nitrogens with zero attached hydrogens (tertiary/aromatic N) is 3. The fraction of sp³-hybridized carbons (Fsp3) is 0.526. The van der Waals surface area contributed by atoms with Gasteiger partial charge in [0.1, 0.15) is 5.69 Å². The number of piperidine rings is 1. The summed E-state index contributed by atoms with van der Waals surface area (Å²) in [6, 6.07) is 4.23. The molecule has 134 valence electrons. The average Bonchev–Trinajstić information content (AvgIpc) is 3.13. The fourth-order valence-corrected chi connectivity index (χ4v) is 4.17. The van der Waals surface area contributed by atoms with Crippen molar-refractivity contribution in [1.82, 2.24) is 20.2 Å². The fourth-order valence-electron chi connectivity index (χ4n) is 3.28. The lowest BCUT2D eigenvalue weighted by Gasteiger charge is -2.34. The van der Waals surface area contributed by atoms with Crippen LogP contribution in [-0.2, 0) is 6.42 Å². The number of hydrogen-bond donors (Lipinski definition) is 1. The van der Waals surface area contributed by atoms with E-state index in [4.69, 9.17) is 0 Å². The number of carbonyl (C=O) groups excluding carboxylic acids is 1. The van der Waals surface area contributed by atoms with Gasteiger partial charge in [0.2, 0.25) is 0 Å². The SMILES string of the molecule is CCCc1nc(C(=O)NCC(c2cccnc2)N2CCCCC2)cs1. The summed E-state index contributed by atoms with van der Waals surface area (Å²) < 4.78 is 0. The van der Waals surface area contributed by atoms with Crippen LogP contribution in [0.15, 0.2) is 29.9 Å². The van der Waals surface area contributed by atoms with Crippen LogP contribution in [-0.4, -0.2) is 40.4 Å². The monoisotopic (exact) mass is 358 g/mol. The maximum Gasteiger partial charge on any atom is 0.270 e. The molecule has 25 heavy (non-hydrogen) atoms. The Hall–Kier alpha value is -1.79. The Labute approximate surface area is 153 Å². The van der Waals surface area contributed by atoms with Crippen LogP contribution in [0, 0.1) is 0 Å². The van der Waals surface area contributed by atoms with E-state index in [-0.39, 0.29) is 11.9 Å². The molecule has 1 unspecified atom stereocenters. The lowest BCUT2D eigenvalue weighted by molar-refractivity contribution is 0.0920. The Balaban J connectivity index is 1.66. The van der Waals surface area contributed by atoms with Gasteiger partial charge in [0.25, 0.3) is 5.91 Å². The summed E-state index contributed by atoms with van der Waals surface area (Å²) in [5, 5.41) is 5.98. The standard InChI is InChI=1S/C19H26N4OS/c1-2-7-18-22-16(14-25-18)19(24)21-13-17(15-8-6-9-20-12-15)23-10-4-3-5-11-23/h6,8-9,12,14,17H,2-5,7,10-11,13H2,1H3,(H,21,24). The largest absolute Gasteiger partial charge is 0.349 e. The Kier molecular flexibility index (Phi) is 6.53. The molecule has 1 amide bonds. The molecule has 1 atom stereocenters. The van der Waals surface area contributed by atoms with Crippen LogP contribution in [0.2, 0.25) is 0 Å². The molecule has 0 saturated carbocycles. The molecular weight excluding hydrogens is 332 g/mol.